The number of methoxy groups -OCH3 is 1. The van der Waals surface area contributed by atoms with Crippen LogP contribution in [-0.2, 0) is 0 Å². The molecule has 2 aromatic carbocycles. The van der Waals surface area contributed by atoms with Crippen LogP contribution in [0.2, 0.25) is 0 Å². The largest absolute Gasteiger partial charge is 0.493 e. The number of aromatic nitrogens is 2. The number of unbranched alkanes of at least 4 members (excludes halogenated alkanes) is 1. The smallest absolute Gasteiger partial charge is 0.273 e. The van der Waals surface area contributed by atoms with E-state index in [-0.39, 0.29) is 18.0 Å². The van der Waals surface area contributed by atoms with Crippen molar-refractivity contribution in [1.29, 1.82) is 0 Å². The highest BCUT2D eigenvalue weighted by Crippen LogP contribution is 2.47. The lowest BCUT2D eigenvalue weighted by molar-refractivity contribution is 0.0606. The predicted molar refractivity (Wildman–Crippen MR) is 137 cm³/mol. The molecule has 1 atom stereocenters. The molecule has 3 aromatic rings. The van der Waals surface area contributed by atoms with Crippen LogP contribution in [0.15, 0.2) is 42.5 Å². The van der Waals surface area contributed by atoms with E-state index in [1.54, 1.807) is 7.11 Å². The van der Waals surface area contributed by atoms with Gasteiger partial charge in [-0.3, -0.25) is 9.89 Å². The van der Waals surface area contributed by atoms with Gasteiger partial charge in [-0.05, 0) is 43.9 Å². The quantitative estimate of drug-likeness (QED) is 0.382. The van der Waals surface area contributed by atoms with Gasteiger partial charge in [-0.2, -0.15) is 5.10 Å². The van der Waals surface area contributed by atoms with Gasteiger partial charge in [0.15, 0.2) is 11.5 Å². The number of nitrogens with one attached hydrogen (secondary N) is 1. The molecule has 1 fully saturated rings. The van der Waals surface area contributed by atoms with Gasteiger partial charge in [0, 0.05) is 17.2 Å². The standard InChI is InChI=1S/C29H35N3O3/c1-4-5-17-35-23-16-15-21(18-24(23)34-3)28-25-26(20-13-11-19(2)12-14-20)30-31-27(25)29(33)32(28)22-9-7-6-8-10-22/h11-16,18,22,28H,4-10,17H2,1-3H3,(H,30,31). The van der Waals surface area contributed by atoms with E-state index in [0.717, 1.165) is 66.7 Å². The highest BCUT2D eigenvalue weighted by atomic mass is 16.5. The lowest BCUT2D eigenvalue weighted by Crippen LogP contribution is -2.40. The molecule has 1 unspecified atom stereocenters. The zero-order valence-corrected chi connectivity index (χ0v) is 21.0. The number of H-pyrrole nitrogens is 1. The third-order valence-corrected chi connectivity index (χ3v) is 7.36. The third-order valence-electron chi connectivity index (χ3n) is 7.36. The van der Waals surface area contributed by atoms with E-state index in [4.69, 9.17) is 9.47 Å². The Balaban J connectivity index is 1.60. The van der Waals surface area contributed by atoms with Crippen LogP contribution in [0.5, 0.6) is 11.5 Å². The second-order valence-corrected chi connectivity index (χ2v) is 9.75. The molecule has 0 saturated heterocycles. The first-order valence-electron chi connectivity index (χ1n) is 12.9. The molecule has 1 aromatic heterocycles. The number of amides is 1. The first kappa shape index (κ1) is 23.5. The molecule has 0 bridgehead atoms. The minimum Gasteiger partial charge on any atom is -0.493 e. The van der Waals surface area contributed by atoms with E-state index < -0.39 is 0 Å². The number of aromatic amines is 1. The van der Waals surface area contributed by atoms with Crippen molar-refractivity contribution < 1.29 is 14.3 Å². The van der Waals surface area contributed by atoms with Crippen molar-refractivity contribution in [2.75, 3.05) is 13.7 Å². The Bertz CT molecular complexity index is 1180. The number of carbonyl (C=O) groups is 1. The van der Waals surface area contributed by atoms with Crippen LogP contribution in [0, 0.1) is 6.92 Å². The van der Waals surface area contributed by atoms with Crippen LogP contribution >= 0.6 is 0 Å². The Morgan fingerprint density at radius 3 is 2.54 bits per heavy atom. The number of nitrogens with zero attached hydrogens (tertiary/aromatic N) is 2. The summed E-state index contributed by atoms with van der Waals surface area (Å²) >= 11 is 0. The van der Waals surface area contributed by atoms with Crippen molar-refractivity contribution in [3.63, 3.8) is 0 Å². The zero-order valence-electron chi connectivity index (χ0n) is 21.0. The highest BCUT2D eigenvalue weighted by Gasteiger charge is 2.45. The van der Waals surface area contributed by atoms with E-state index in [1.165, 1.54) is 12.0 Å². The summed E-state index contributed by atoms with van der Waals surface area (Å²) in [6.45, 7) is 4.88. The number of fused-ring (bicyclic) bond motifs is 1. The molecular formula is C29H35N3O3. The van der Waals surface area contributed by atoms with Gasteiger partial charge in [0.2, 0.25) is 0 Å². The Kier molecular flexibility index (Phi) is 6.80. The number of benzene rings is 2. The summed E-state index contributed by atoms with van der Waals surface area (Å²) in [5.74, 6) is 1.48. The van der Waals surface area contributed by atoms with Crippen LogP contribution in [0.25, 0.3) is 11.3 Å². The maximum absolute atomic E-state index is 13.8. The summed E-state index contributed by atoms with van der Waals surface area (Å²) in [5, 5.41) is 7.72. The zero-order chi connectivity index (χ0) is 24.4. The molecule has 0 spiro atoms. The monoisotopic (exact) mass is 473 g/mol. The lowest BCUT2D eigenvalue weighted by Gasteiger charge is -2.36. The Morgan fingerprint density at radius 2 is 1.83 bits per heavy atom. The van der Waals surface area contributed by atoms with Crippen LogP contribution in [0.1, 0.15) is 85.1 Å². The fraction of sp³-hybridized carbons (Fsp3) is 0.448. The fourth-order valence-electron chi connectivity index (χ4n) is 5.46. The molecule has 1 N–H and O–H groups in total. The minimum absolute atomic E-state index is 0.0463. The molecule has 6 nitrogen and oxygen atoms in total. The topological polar surface area (TPSA) is 67.5 Å². The van der Waals surface area contributed by atoms with Crippen LogP contribution in [0.3, 0.4) is 0 Å². The van der Waals surface area contributed by atoms with Gasteiger partial charge in [-0.1, -0.05) is 68.5 Å². The molecule has 1 amide bonds. The number of hydrogen-bond donors (Lipinski definition) is 1. The molecule has 184 valence electrons. The van der Waals surface area contributed by atoms with Gasteiger partial charge in [0.1, 0.15) is 5.69 Å². The summed E-state index contributed by atoms with van der Waals surface area (Å²) in [6.07, 6.45) is 7.70. The molecule has 1 saturated carbocycles. The number of rotatable bonds is 8. The highest BCUT2D eigenvalue weighted by molar-refractivity contribution is 6.00. The Hall–Kier alpha value is -3.28. The molecule has 0 radical (unpaired) electrons. The normalized spacial score (nSPS) is 18.1. The molecule has 6 heteroatoms. The Morgan fingerprint density at radius 1 is 1.06 bits per heavy atom. The summed E-state index contributed by atoms with van der Waals surface area (Å²) in [6, 6.07) is 14.5. The maximum Gasteiger partial charge on any atom is 0.273 e. The number of ether oxygens (including phenoxy) is 2. The number of carbonyl (C=O) groups excluding carboxylic acids is 1. The molecule has 1 aliphatic heterocycles. The molecular weight excluding hydrogens is 438 g/mol. The van der Waals surface area contributed by atoms with E-state index in [9.17, 15) is 4.79 Å². The molecule has 5 rings (SSSR count). The summed E-state index contributed by atoms with van der Waals surface area (Å²) < 4.78 is 11.7. The predicted octanol–water partition coefficient (Wildman–Crippen LogP) is 6.45. The second-order valence-electron chi connectivity index (χ2n) is 9.75. The average molecular weight is 474 g/mol. The van der Waals surface area contributed by atoms with Gasteiger partial charge < -0.3 is 14.4 Å². The fourth-order valence-corrected chi connectivity index (χ4v) is 5.46. The summed E-state index contributed by atoms with van der Waals surface area (Å²) in [7, 11) is 1.67. The SMILES string of the molecule is CCCCOc1ccc(C2c3c(-c4ccc(C)cc4)n[nH]c3C(=O)N2C2CCCCC2)cc1OC. The second kappa shape index (κ2) is 10.1. The van der Waals surface area contributed by atoms with Gasteiger partial charge in [0.25, 0.3) is 5.91 Å². The average Bonchev–Trinajstić information content (AvgIpc) is 3.44. The van der Waals surface area contributed by atoms with Crippen molar-refractivity contribution in [2.45, 2.75) is 70.9 Å². The van der Waals surface area contributed by atoms with Crippen molar-refractivity contribution in [1.82, 2.24) is 15.1 Å². The van der Waals surface area contributed by atoms with Gasteiger partial charge in [0.05, 0.1) is 25.5 Å². The summed E-state index contributed by atoms with van der Waals surface area (Å²) in [5.41, 5.74) is 5.66. The van der Waals surface area contributed by atoms with Crippen LogP contribution < -0.4 is 9.47 Å². The third kappa shape index (κ3) is 4.42. The first-order valence-corrected chi connectivity index (χ1v) is 12.9. The van der Waals surface area contributed by atoms with Crippen LogP contribution in [-0.4, -0.2) is 40.8 Å². The summed E-state index contributed by atoms with van der Waals surface area (Å²) in [4.78, 5) is 15.9. The van der Waals surface area contributed by atoms with Gasteiger partial charge >= 0.3 is 0 Å². The van der Waals surface area contributed by atoms with Gasteiger partial charge in [-0.25, -0.2) is 0 Å². The molecule has 2 heterocycles. The molecule has 35 heavy (non-hydrogen) atoms. The Labute approximate surface area is 207 Å². The minimum atomic E-state index is -0.214. The lowest BCUT2D eigenvalue weighted by atomic mass is 9.90. The molecule has 1 aliphatic carbocycles. The van der Waals surface area contributed by atoms with Crippen molar-refractivity contribution in [3.8, 4) is 22.8 Å². The van der Waals surface area contributed by atoms with Gasteiger partial charge in [-0.15, -0.1) is 0 Å². The van der Waals surface area contributed by atoms with E-state index in [2.05, 4.69) is 59.3 Å². The van der Waals surface area contributed by atoms with E-state index in [0.29, 0.717) is 18.1 Å². The number of hydrogen-bond acceptors (Lipinski definition) is 4. The van der Waals surface area contributed by atoms with Crippen molar-refractivity contribution >= 4 is 5.91 Å². The van der Waals surface area contributed by atoms with E-state index >= 15 is 0 Å². The van der Waals surface area contributed by atoms with E-state index in [1.807, 2.05) is 12.1 Å². The van der Waals surface area contributed by atoms with Crippen molar-refractivity contribution in [2.24, 2.45) is 0 Å². The van der Waals surface area contributed by atoms with Crippen molar-refractivity contribution in [3.05, 3.63) is 64.8 Å². The first-order chi connectivity index (χ1) is 17.1. The maximum atomic E-state index is 13.8. The molecule has 2 aliphatic rings. The number of aryl methyl sites for hydroxylation is 1. The van der Waals surface area contributed by atoms with Crippen LogP contribution in [0.4, 0.5) is 0 Å².